The number of hydrogen-bond donors (Lipinski definition) is 0. The van der Waals surface area contributed by atoms with E-state index in [9.17, 15) is 4.79 Å². The molecule has 0 saturated heterocycles. The third-order valence-corrected chi connectivity index (χ3v) is 6.45. The van der Waals surface area contributed by atoms with Crippen molar-refractivity contribution in [3.63, 3.8) is 0 Å². The molecule has 0 N–H and O–H groups in total. The maximum absolute atomic E-state index is 12.1. The van der Waals surface area contributed by atoms with Gasteiger partial charge in [0, 0.05) is 10.4 Å². The quantitative estimate of drug-likeness (QED) is 0.537. The molecule has 2 saturated carbocycles. The summed E-state index contributed by atoms with van der Waals surface area (Å²) in [7, 11) is 0. The van der Waals surface area contributed by atoms with E-state index < -0.39 is 5.97 Å². The topological polar surface area (TPSA) is 38.7 Å². The molecule has 0 radical (unpaired) electrons. The monoisotopic (exact) mass is 339 g/mol. The fourth-order valence-electron chi connectivity index (χ4n) is 3.87. The molecule has 3 rings (SSSR count). The fraction of sp³-hybridized carbons (Fsp3) is 0.529. The van der Waals surface area contributed by atoms with E-state index in [4.69, 9.17) is 28.0 Å². The van der Waals surface area contributed by atoms with Crippen LogP contribution in [0.5, 0.6) is 0 Å². The smallest absolute Gasteiger partial charge is 0.313 e. The lowest BCUT2D eigenvalue weighted by Crippen LogP contribution is -2.32. The first kappa shape index (κ1) is 15.8. The molecule has 22 heavy (non-hydrogen) atoms. The summed E-state index contributed by atoms with van der Waals surface area (Å²) in [6, 6.07) is 4.69. The number of fused-ring (bicyclic) bond motifs is 2. The number of nitrogens with zero attached hydrogens (tertiary/aromatic N) is 1. The Kier molecular flexibility index (Phi) is 3.77. The fourth-order valence-corrected chi connectivity index (χ4v) is 4.35. The third kappa shape index (κ3) is 2.26. The summed E-state index contributed by atoms with van der Waals surface area (Å²) in [5.41, 5.74) is 1.49. The van der Waals surface area contributed by atoms with Crippen LogP contribution in [0.25, 0.3) is 0 Å². The number of halogens is 2. The molecule has 2 bridgehead atoms. The maximum Gasteiger partial charge on any atom is 0.367 e. The van der Waals surface area contributed by atoms with Gasteiger partial charge in [0.25, 0.3) is 0 Å². The Balaban J connectivity index is 1.79. The highest BCUT2D eigenvalue weighted by Crippen LogP contribution is 2.64. The lowest BCUT2D eigenvalue weighted by molar-refractivity contribution is 0.0508. The van der Waals surface area contributed by atoms with Crippen LogP contribution in [0.15, 0.2) is 23.4 Å². The molecular weight excluding hydrogens is 321 g/mol. The van der Waals surface area contributed by atoms with E-state index in [1.54, 1.807) is 12.1 Å². The Morgan fingerprint density at radius 3 is 2.59 bits per heavy atom. The SMILES string of the molecule is CC12CCC(C/C1=N/OC(=O)c1ccc(Cl)cc1Cl)C2(C)C. The first-order valence-corrected chi connectivity index (χ1v) is 8.25. The number of rotatable bonds is 2. The molecule has 0 aliphatic heterocycles. The Labute approximate surface area is 140 Å². The summed E-state index contributed by atoms with van der Waals surface area (Å²) in [6.45, 7) is 6.79. The lowest BCUT2D eigenvalue weighted by Gasteiger charge is -2.34. The first-order valence-electron chi connectivity index (χ1n) is 7.49. The molecule has 0 heterocycles. The third-order valence-electron chi connectivity index (χ3n) is 5.90. The van der Waals surface area contributed by atoms with Gasteiger partial charge < -0.3 is 4.84 Å². The van der Waals surface area contributed by atoms with E-state index >= 15 is 0 Å². The minimum absolute atomic E-state index is 0.0156. The molecule has 2 unspecified atom stereocenters. The number of carbonyl (C=O) groups is 1. The highest BCUT2D eigenvalue weighted by Gasteiger charge is 2.60. The molecule has 0 aromatic heterocycles. The Morgan fingerprint density at radius 1 is 1.32 bits per heavy atom. The molecule has 118 valence electrons. The van der Waals surface area contributed by atoms with Crippen molar-refractivity contribution in [3.8, 4) is 0 Å². The van der Waals surface area contributed by atoms with Crippen molar-refractivity contribution in [1.29, 1.82) is 0 Å². The van der Waals surface area contributed by atoms with Crippen LogP contribution in [0.1, 0.15) is 50.4 Å². The summed E-state index contributed by atoms with van der Waals surface area (Å²) in [4.78, 5) is 17.3. The van der Waals surface area contributed by atoms with E-state index in [-0.39, 0.29) is 21.4 Å². The summed E-state index contributed by atoms with van der Waals surface area (Å²) in [6.07, 6.45) is 3.23. The van der Waals surface area contributed by atoms with E-state index in [0.717, 1.165) is 18.6 Å². The minimum atomic E-state index is -0.543. The summed E-state index contributed by atoms with van der Waals surface area (Å²) >= 11 is 11.9. The van der Waals surface area contributed by atoms with Crippen molar-refractivity contribution in [3.05, 3.63) is 33.8 Å². The molecule has 2 atom stereocenters. The number of benzene rings is 1. The van der Waals surface area contributed by atoms with Crippen LogP contribution < -0.4 is 0 Å². The van der Waals surface area contributed by atoms with Crippen molar-refractivity contribution in [2.45, 2.75) is 40.0 Å². The Morgan fingerprint density at radius 2 is 2.05 bits per heavy atom. The molecule has 0 amide bonds. The van der Waals surface area contributed by atoms with E-state index in [1.807, 2.05) is 0 Å². The molecule has 3 nitrogen and oxygen atoms in total. The highest BCUT2D eigenvalue weighted by atomic mass is 35.5. The average molecular weight is 340 g/mol. The molecule has 2 fully saturated rings. The summed E-state index contributed by atoms with van der Waals surface area (Å²) in [5.74, 6) is 0.0763. The van der Waals surface area contributed by atoms with Crippen LogP contribution in [0.4, 0.5) is 0 Å². The van der Waals surface area contributed by atoms with Crippen molar-refractivity contribution < 1.29 is 9.63 Å². The highest BCUT2D eigenvalue weighted by molar-refractivity contribution is 6.36. The van der Waals surface area contributed by atoms with Crippen LogP contribution in [0, 0.1) is 16.7 Å². The van der Waals surface area contributed by atoms with Gasteiger partial charge in [-0.05, 0) is 48.8 Å². The molecule has 2 aliphatic carbocycles. The second-order valence-corrected chi connectivity index (χ2v) is 7.88. The molecule has 2 aliphatic rings. The van der Waals surface area contributed by atoms with Gasteiger partial charge in [0.2, 0.25) is 0 Å². The van der Waals surface area contributed by atoms with E-state index in [2.05, 4.69) is 25.9 Å². The van der Waals surface area contributed by atoms with Crippen LogP contribution in [-0.2, 0) is 4.84 Å². The van der Waals surface area contributed by atoms with E-state index in [1.165, 1.54) is 12.5 Å². The van der Waals surface area contributed by atoms with Gasteiger partial charge in [0.15, 0.2) is 0 Å². The minimum Gasteiger partial charge on any atom is -0.313 e. The zero-order valence-corrected chi connectivity index (χ0v) is 14.5. The van der Waals surface area contributed by atoms with Gasteiger partial charge in [-0.3, -0.25) is 0 Å². The van der Waals surface area contributed by atoms with Gasteiger partial charge >= 0.3 is 5.97 Å². The Bertz CT molecular complexity index is 669. The summed E-state index contributed by atoms with van der Waals surface area (Å²) in [5, 5.41) is 4.95. The zero-order chi connectivity index (χ0) is 16.1. The zero-order valence-electron chi connectivity index (χ0n) is 13.0. The second kappa shape index (κ2) is 5.24. The number of oxime groups is 1. The predicted molar refractivity (Wildman–Crippen MR) is 88.5 cm³/mol. The largest absolute Gasteiger partial charge is 0.367 e. The standard InChI is InChI=1S/C17H19Cl2NO2/c1-16(2)10-6-7-17(16,3)14(8-10)20-22-15(21)12-5-4-11(18)9-13(12)19/h4-5,9-10H,6-8H2,1-3H3/b20-14-. The van der Waals surface area contributed by atoms with Gasteiger partial charge in [-0.1, -0.05) is 49.1 Å². The van der Waals surface area contributed by atoms with Gasteiger partial charge in [-0.2, -0.15) is 0 Å². The number of carbonyl (C=O) groups excluding carboxylic acids is 1. The molecule has 0 spiro atoms. The summed E-state index contributed by atoms with van der Waals surface area (Å²) < 4.78 is 0. The normalized spacial score (nSPS) is 30.8. The van der Waals surface area contributed by atoms with Crippen LogP contribution >= 0.6 is 23.2 Å². The molecular formula is C17H19Cl2NO2. The molecule has 1 aromatic rings. The van der Waals surface area contributed by atoms with Crippen molar-refractivity contribution in [2.75, 3.05) is 0 Å². The van der Waals surface area contributed by atoms with Crippen molar-refractivity contribution >= 4 is 34.9 Å². The maximum atomic E-state index is 12.1. The second-order valence-electron chi connectivity index (χ2n) is 7.03. The van der Waals surface area contributed by atoms with Crippen molar-refractivity contribution in [2.24, 2.45) is 21.9 Å². The lowest BCUT2D eigenvalue weighted by atomic mass is 9.70. The van der Waals surface area contributed by atoms with E-state index in [0.29, 0.717) is 10.9 Å². The average Bonchev–Trinajstić information content (AvgIpc) is 2.77. The van der Waals surface area contributed by atoms with Crippen LogP contribution in [-0.4, -0.2) is 11.7 Å². The van der Waals surface area contributed by atoms with Crippen LogP contribution in [0.2, 0.25) is 10.0 Å². The van der Waals surface area contributed by atoms with Gasteiger partial charge in [-0.25, -0.2) is 4.79 Å². The van der Waals surface area contributed by atoms with Gasteiger partial charge in [-0.15, -0.1) is 0 Å². The molecule has 5 heteroatoms. The predicted octanol–water partition coefficient (Wildman–Crippen LogP) is 5.35. The molecule has 1 aromatic carbocycles. The van der Waals surface area contributed by atoms with Crippen LogP contribution in [0.3, 0.4) is 0 Å². The van der Waals surface area contributed by atoms with Gasteiger partial charge in [0.1, 0.15) is 0 Å². The van der Waals surface area contributed by atoms with Crippen molar-refractivity contribution in [1.82, 2.24) is 0 Å². The number of hydrogen-bond acceptors (Lipinski definition) is 3. The Hall–Kier alpha value is -1.06. The van der Waals surface area contributed by atoms with Gasteiger partial charge in [0.05, 0.1) is 16.3 Å². The first-order chi connectivity index (χ1) is 10.3.